The molecule has 0 unspecified atom stereocenters. The van der Waals surface area contributed by atoms with Gasteiger partial charge in [0, 0.05) is 22.3 Å². The minimum absolute atomic E-state index is 0.417. The van der Waals surface area contributed by atoms with Crippen molar-refractivity contribution in [2.45, 2.75) is 0 Å². The number of benzene rings is 6. The molecule has 6 nitrogen and oxygen atoms in total. The molecule has 218 valence electrons. The molecular formula is C40H26N4O2. The third-order valence-electron chi connectivity index (χ3n) is 7.90. The van der Waals surface area contributed by atoms with Crippen molar-refractivity contribution in [1.29, 1.82) is 0 Å². The van der Waals surface area contributed by atoms with Crippen LogP contribution < -0.4 is 0 Å². The van der Waals surface area contributed by atoms with Gasteiger partial charge in [-0.05, 0) is 69.8 Å². The van der Waals surface area contributed by atoms with Crippen molar-refractivity contribution in [3.05, 3.63) is 158 Å². The third-order valence-corrected chi connectivity index (χ3v) is 7.90. The summed E-state index contributed by atoms with van der Waals surface area (Å²) in [6, 6.07) is 52.7. The van der Waals surface area contributed by atoms with Crippen molar-refractivity contribution < 1.29 is 8.83 Å². The van der Waals surface area contributed by atoms with Crippen LogP contribution in [0.3, 0.4) is 0 Å². The minimum Gasteiger partial charge on any atom is -0.416 e. The highest BCUT2D eigenvalue weighted by molar-refractivity contribution is 5.92. The van der Waals surface area contributed by atoms with E-state index in [4.69, 9.17) is 8.83 Å². The summed E-state index contributed by atoms with van der Waals surface area (Å²) in [7, 11) is 0. The molecule has 0 fully saturated rings. The van der Waals surface area contributed by atoms with Gasteiger partial charge in [-0.3, -0.25) is 0 Å². The molecule has 8 aromatic rings. The zero-order valence-electron chi connectivity index (χ0n) is 24.6. The van der Waals surface area contributed by atoms with Gasteiger partial charge < -0.3 is 8.83 Å². The minimum atomic E-state index is 0.417. The van der Waals surface area contributed by atoms with Gasteiger partial charge >= 0.3 is 0 Å². The molecule has 0 spiro atoms. The second-order valence-electron chi connectivity index (χ2n) is 10.8. The van der Waals surface area contributed by atoms with E-state index in [0.29, 0.717) is 23.6 Å². The number of aromatic nitrogens is 4. The van der Waals surface area contributed by atoms with Gasteiger partial charge in [-0.1, -0.05) is 121 Å². The van der Waals surface area contributed by atoms with Crippen molar-refractivity contribution in [3.8, 4) is 79.2 Å². The Balaban J connectivity index is 1.33. The Morgan fingerprint density at radius 2 is 0.587 bits per heavy atom. The Hall–Kier alpha value is -6.40. The third kappa shape index (κ3) is 5.29. The Bertz CT molecular complexity index is 2080. The largest absolute Gasteiger partial charge is 0.416 e. The zero-order valence-corrected chi connectivity index (χ0v) is 24.6. The molecule has 0 bridgehead atoms. The van der Waals surface area contributed by atoms with Gasteiger partial charge in [0.2, 0.25) is 23.6 Å². The zero-order chi connectivity index (χ0) is 30.7. The fourth-order valence-corrected chi connectivity index (χ4v) is 5.59. The summed E-state index contributed by atoms with van der Waals surface area (Å²) in [6.07, 6.45) is 0. The molecule has 0 atom stereocenters. The highest BCUT2D eigenvalue weighted by Crippen LogP contribution is 2.42. The van der Waals surface area contributed by atoms with Gasteiger partial charge in [-0.25, -0.2) is 0 Å². The van der Waals surface area contributed by atoms with Gasteiger partial charge in [0.05, 0.1) is 0 Å². The van der Waals surface area contributed by atoms with Gasteiger partial charge in [0.15, 0.2) is 0 Å². The van der Waals surface area contributed by atoms with Gasteiger partial charge in [-0.2, -0.15) is 0 Å². The van der Waals surface area contributed by atoms with Gasteiger partial charge in [0.1, 0.15) is 0 Å². The molecule has 46 heavy (non-hydrogen) atoms. The van der Waals surface area contributed by atoms with Crippen molar-refractivity contribution in [2.24, 2.45) is 0 Å². The van der Waals surface area contributed by atoms with E-state index in [1.165, 1.54) is 0 Å². The molecule has 0 aliphatic rings. The first-order valence-corrected chi connectivity index (χ1v) is 15.0. The summed E-state index contributed by atoms with van der Waals surface area (Å²) < 4.78 is 12.7. The first-order chi connectivity index (χ1) is 22.8. The summed E-state index contributed by atoms with van der Waals surface area (Å²) in [5.74, 6) is 1.74. The standard InChI is InChI=1S/C40H26N4O2/c1-5-13-27(14-6-1)31-21-23-33(35(25-31)39-43-41-37(45-39)29-17-9-3-10-18-29)34-24-22-32(28-15-7-2-8-16-28)26-36(34)40-44-42-38(46-40)30-19-11-4-12-20-30/h1-26H. The van der Waals surface area contributed by atoms with E-state index in [1.807, 2.05) is 97.1 Å². The highest BCUT2D eigenvalue weighted by Gasteiger charge is 2.22. The summed E-state index contributed by atoms with van der Waals surface area (Å²) >= 11 is 0. The number of nitrogens with zero attached hydrogens (tertiary/aromatic N) is 4. The van der Waals surface area contributed by atoms with Crippen LogP contribution in [0.1, 0.15) is 0 Å². The second-order valence-corrected chi connectivity index (χ2v) is 10.8. The SMILES string of the molecule is c1ccc(-c2ccc(-c3ccc(-c4ccccc4)cc3-c3nnc(-c4ccccc4)o3)c(-c3nnc(-c4ccccc4)o3)c2)cc1. The lowest BCUT2D eigenvalue weighted by atomic mass is 9.90. The topological polar surface area (TPSA) is 77.8 Å². The first kappa shape index (κ1) is 27.2. The van der Waals surface area contributed by atoms with E-state index in [9.17, 15) is 0 Å². The first-order valence-electron chi connectivity index (χ1n) is 15.0. The van der Waals surface area contributed by atoms with Crippen LogP contribution >= 0.6 is 0 Å². The van der Waals surface area contributed by atoms with Crippen LogP contribution in [0.4, 0.5) is 0 Å². The lowest BCUT2D eigenvalue weighted by molar-refractivity contribution is 0.583. The molecule has 0 amide bonds. The van der Waals surface area contributed by atoms with Crippen LogP contribution in [0.25, 0.3) is 79.2 Å². The van der Waals surface area contributed by atoms with E-state index in [0.717, 1.165) is 55.6 Å². The van der Waals surface area contributed by atoms with E-state index in [2.05, 4.69) is 81.1 Å². The predicted octanol–water partition coefficient (Wildman–Crippen LogP) is 10.1. The van der Waals surface area contributed by atoms with Crippen molar-refractivity contribution >= 4 is 0 Å². The van der Waals surface area contributed by atoms with Crippen molar-refractivity contribution in [2.75, 3.05) is 0 Å². The molecule has 0 N–H and O–H groups in total. The van der Waals surface area contributed by atoms with E-state index < -0.39 is 0 Å². The van der Waals surface area contributed by atoms with Gasteiger partial charge in [0.25, 0.3) is 0 Å². The Morgan fingerprint density at radius 1 is 0.261 bits per heavy atom. The average molecular weight is 595 g/mol. The molecule has 0 saturated heterocycles. The number of rotatable bonds is 7. The maximum Gasteiger partial charge on any atom is 0.248 e. The maximum absolute atomic E-state index is 6.34. The summed E-state index contributed by atoms with van der Waals surface area (Å²) in [6.45, 7) is 0. The Labute approximate surface area is 265 Å². The van der Waals surface area contributed by atoms with E-state index in [1.54, 1.807) is 0 Å². The fourth-order valence-electron chi connectivity index (χ4n) is 5.59. The highest BCUT2D eigenvalue weighted by atomic mass is 16.4. The smallest absolute Gasteiger partial charge is 0.248 e. The molecule has 0 aliphatic heterocycles. The Morgan fingerprint density at radius 3 is 0.957 bits per heavy atom. The molecule has 0 saturated carbocycles. The molecule has 2 aromatic heterocycles. The van der Waals surface area contributed by atoms with Crippen LogP contribution in [0.2, 0.25) is 0 Å². The van der Waals surface area contributed by atoms with Crippen LogP contribution in [-0.4, -0.2) is 20.4 Å². The van der Waals surface area contributed by atoms with Crippen LogP contribution in [-0.2, 0) is 0 Å². The monoisotopic (exact) mass is 594 g/mol. The van der Waals surface area contributed by atoms with Gasteiger partial charge in [-0.15, -0.1) is 20.4 Å². The molecule has 6 heteroatoms. The number of hydrogen-bond donors (Lipinski definition) is 0. The lowest BCUT2D eigenvalue weighted by Crippen LogP contribution is -1.92. The normalized spacial score (nSPS) is 11.0. The van der Waals surface area contributed by atoms with E-state index in [-0.39, 0.29) is 0 Å². The second kappa shape index (κ2) is 11.9. The molecule has 8 rings (SSSR count). The van der Waals surface area contributed by atoms with Crippen LogP contribution in [0.15, 0.2) is 167 Å². The Kier molecular flexibility index (Phi) is 7.05. The van der Waals surface area contributed by atoms with Crippen LogP contribution in [0.5, 0.6) is 0 Å². The quantitative estimate of drug-likeness (QED) is 0.183. The van der Waals surface area contributed by atoms with Crippen molar-refractivity contribution in [1.82, 2.24) is 20.4 Å². The maximum atomic E-state index is 6.34. The molecule has 0 radical (unpaired) electrons. The summed E-state index contributed by atoms with van der Waals surface area (Å²) in [5.41, 5.74) is 9.35. The molecular weight excluding hydrogens is 568 g/mol. The molecule has 0 aliphatic carbocycles. The fraction of sp³-hybridized carbons (Fsp3) is 0. The van der Waals surface area contributed by atoms with Crippen LogP contribution in [0, 0.1) is 0 Å². The average Bonchev–Trinajstić information content (AvgIpc) is 3.84. The summed E-state index contributed by atoms with van der Waals surface area (Å²) in [5, 5.41) is 17.9. The lowest BCUT2D eigenvalue weighted by Gasteiger charge is -2.14. The molecule has 6 aromatic carbocycles. The summed E-state index contributed by atoms with van der Waals surface area (Å²) in [4.78, 5) is 0. The molecule has 2 heterocycles. The number of hydrogen-bond acceptors (Lipinski definition) is 6. The van der Waals surface area contributed by atoms with Crippen molar-refractivity contribution in [3.63, 3.8) is 0 Å². The predicted molar refractivity (Wildman–Crippen MR) is 180 cm³/mol. The van der Waals surface area contributed by atoms with E-state index >= 15 is 0 Å².